The molecule has 0 amide bonds. The molecule has 0 aromatic carbocycles. The molecule has 6 nitrogen and oxygen atoms in total. The summed E-state index contributed by atoms with van der Waals surface area (Å²) in [6.45, 7) is 11.4. The number of hydrogen-bond donors (Lipinski definition) is 0. The molecule has 10 heteroatoms. The molecule has 0 N–H and O–H groups in total. The van der Waals surface area contributed by atoms with Crippen molar-refractivity contribution in [3.05, 3.63) is 27.5 Å². The smallest absolute Gasteiger partial charge is 0.122 e. The Morgan fingerprint density at radius 1 is 0.875 bits per heavy atom. The summed E-state index contributed by atoms with van der Waals surface area (Å²) < 4.78 is 20.6. The number of nitrogens with zero attached hydrogens (tertiary/aromatic N) is 2. The quantitative estimate of drug-likeness (QED) is 0.431. The topological polar surface area (TPSA) is 43.4 Å². The van der Waals surface area contributed by atoms with Crippen LogP contribution in [0, 0.1) is 27.5 Å². The Kier molecular flexibility index (Phi) is 14.1. The molecular weight excluding hydrogens is 288 g/mol. The average Bonchev–Trinajstić information content (AvgIpc) is 2.27. The molecule has 16 heavy (non-hydrogen) atoms. The van der Waals surface area contributed by atoms with Gasteiger partial charge in [-0.1, -0.05) is 5.23 Å². The number of rotatable bonds is 11. The third-order valence-electron chi connectivity index (χ3n) is 1.14. The van der Waals surface area contributed by atoms with Crippen molar-refractivity contribution in [2.24, 2.45) is 0 Å². The van der Waals surface area contributed by atoms with Gasteiger partial charge in [0.2, 0.25) is 0 Å². The summed E-state index contributed by atoms with van der Waals surface area (Å²) in [7, 11) is 9.33. The van der Waals surface area contributed by atoms with Crippen LogP contribution in [0.1, 0.15) is 0 Å². The normalized spacial score (nSPS) is 14.6. The number of hydroxylamine groups is 2. The highest BCUT2D eigenvalue weighted by atomic mass is 31.2. The summed E-state index contributed by atoms with van der Waals surface area (Å²) in [5.74, 6) is 0. The molecule has 4 atom stereocenters. The van der Waals surface area contributed by atoms with Gasteiger partial charge < -0.3 is 9.05 Å². The molecule has 0 heterocycles. The summed E-state index contributed by atoms with van der Waals surface area (Å²) >= 11 is 0. The Morgan fingerprint density at radius 2 is 1.38 bits per heavy atom. The molecule has 0 spiro atoms. The lowest BCUT2D eigenvalue weighted by Gasteiger charge is -2.23. The molecule has 0 saturated heterocycles. The van der Waals surface area contributed by atoms with Crippen molar-refractivity contribution in [2.75, 3.05) is 13.1 Å². The van der Waals surface area contributed by atoms with E-state index in [2.05, 4.69) is 9.05 Å². The van der Waals surface area contributed by atoms with Gasteiger partial charge in [-0.25, -0.2) is 4.44 Å². The van der Waals surface area contributed by atoms with Crippen LogP contribution in [0.5, 0.6) is 0 Å². The van der Waals surface area contributed by atoms with Crippen LogP contribution in [-0.4, -0.2) is 22.8 Å². The van der Waals surface area contributed by atoms with E-state index in [0.717, 1.165) is 0 Å². The van der Waals surface area contributed by atoms with Gasteiger partial charge in [-0.2, -0.15) is 0 Å². The zero-order valence-electron chi connectivity index (χ0n) is 8.25. The average molecular weight is 300 g/mol. The highest BCUT2D eigenvalue weighted by molar-refractivity contribution is 7.46. The first-order chi connectivity index (χ1) is 7.78. The van der Waals surface area contributed by atoms with E-state index in [1.807, 2.05) is 0 Å². The monoisotopic (exact) mass is 300 g/mol. The second-order valence-corrected chi connectivity index (χ2v) is 5.24. The van der Waals surface area contributed by atoms with Crippen LogP contribution in [-0.2, 0) is 18.3 Å². The molecule has 0 fully saturated rings. The SMILES string of the molecule is [CH]OPN(CCN(OP[CH])OP[CH])PO[CH]. The molecule has 4 unspecified atom stereocenters. The van der Waals surface area contributed by atoms with Gasteiger partial charge in [0, 0.05) is 37.5 Å². The molecule has 0 aliphatic carbocycles. The van der Waals surface area contributed by atoms with Crippen molar-refractivity contribution in [3.8, 4) is 0 Å². The summed E-state index contributed by atoms with van der Waals surface area (Å²) in [4.78, 5) is 0. The molecule has 0 saturated carbocycles. The maximum Gasteiger partial charge on any atom is 0.122 e. The van der Waals surface area contributed by atoms with Crippen molar-refractivity contribution in [2.45, 2.75) is 0 Å². The Bertz CT molecular complexity index is 130. The van der Waals surface area contributed by atoms with Gasteiger partial charge in [0.15, 0.2) is 0 Å². The Balaban J connectivity index is 3.83. The van der Waals surface area contributed by atoms with Gasteiger partial charge >= 0.3 is 0 Å². The summed E-state index contributed by atoms with van der Waals surface area (Å²) in [5, 5.41) is 1.20. The lowest BCUT2D eigenvalue weighted by Crippen LogP contribution is -2.25. The molecular formula is C6H12N2O4P4. The maximum absolute atomic E-state index is 5.23. The zero-order valence-corrected chi connectivity index (χ0v) is 12.3. The first-order valence-corrected chi connectivity index (χ1v) is 7.49. The second-order valence-electron chi connectivity index (χ2n) is 2.04. The summed E-state index contributed by atoms with van der Waals surface area (Å²) in [6, 6.07) is 0. The molecule has 0 aromatic heterocycles. The van der Waals surface area contributed by atoms with Gasteiger partial charge in [0.1, 0.15) is 14.2 Å². The molecule has 0 aromatic rings. The summed E-state index contributed by atoms with van der Waals surface area (Å²) in [6.07, 6.45) is 0. The molecule has 8 radical (unpaired) electrons. The van der Waals surface area contributed by atoms with Gasteiger partial charge in [-0.15, -0.1) is 0 Å². The lowest BCUT2D eigenvalue weighted by molar-refractivity contribution is -0.241. The first kappa shape index (κ1) is 17.5. The Labute approximate surface area is 105 Å². The van der Waals surface area contributed by atoms with Crippen molar-refractivity contribution in [3.63, 3.8) is 0 Å². The van der Waals surface area contributed by atoms with Crippen molar-refractivity contribution >= 4 is 35.5 Å². The van der Waals surface area contributed by atoms with Gasteiger partial charge in [0.05, 0.1) is 24.5 Å². The van der Waals surface area contributed by atoms with Crippen LogP contribution in [0.15, 0.2) is 0 Å². The van der Waals surface area contributed by atoms with Crippen LogP contribution in [0.2, 0.25) is 0 Å². The van der Waals surface area contributed by atoms with E-state index in [1.165, 1.54) is 5.23 Å². The van der Waals surface area contributed by atoms with Crippen LogP contribution in [0.4, 0.5) is 0 Å². The van der Waals surface area contributed by atoms with Crippen LogP contribution >= 0.6 is 35.5 Å². The van der Waals surface area contributed by atoms with E-state index < -0.39 is 0 Å². The Hall–Kier alpha value is 1.48. The van der Waals surface area contributed by atoms with E-state index in [1.54, 1.807) is 4.44 Å². The third kappa shape index (κ3) is 9.50. The second kappa shape index (κ2) is 12.9. The third-order valence-corrected chi connectivity index (χ3v) is 3.41. The fourth-order valence-corrected chi connectivity index (χ4v) is 2.32. The minimum absolute atomic E-state index is 0.0608. The zero-order chi connectivity index (χ0) is 12.2. The van der Waals surface area contributed by atoms with E-state index in [-0.39, 0.29) is 35.5 Å². The van der Waals surface area contributed by atoms with Crippen LogP contribution < -0.4 is 0 Å². The Morgan fingerprint density at radius 3 is 1.75 bits per heavy atom. The predicted molar refractivity (Wildman–Crippen MR) is 68.2 cm³/mol. The van der Waals surface area contributed by atoms with Crippen molar-refractivity contribution in [1.82, 2.24) is 9.67 Å². The highest BCUT2D eigenvalue weighted by Crippen LogP contribution is 2.33. The predicted octanol–water partition coefficient (Wildman–Crippen LogP) is 2.37. The lowest BCUT2D eigenvalue weighted by atomic mass is 10.7. The van der Waals surface area contributed by atoms with E-state index in [0.29, 0.717) is 13.1 Å². The maximum atomic E-state index is 5.23. The van der Waals surface area contributed by atoms with Gasteiger partial charge in [-0.3, -0.25) is 9.25 Å². The first-order valence-electron chi connectivity index (χ1n) is 3.81. The largest absolute Gasteiger partial charge is 0.337 e. The van der Waals surface area contributed by atoms with Gasteiger partial charge in [-0.05, 0) is 0 Å². The van der Waals surface area contributed by atoms with Crippen molar-refractivity contribution in [1.29, 1.82) is 0 Å². The van der Waals surface area contributed by atoms with Crippen LogP contribution in [0.25, 0.3) is 0 Å². The molecule has 0 bridgehead atoms. The minimum Gasteiger partial charge on any atom is -0.337 e. The summed E-state index contributed by atoms with van der Waals surface area (Å²) in [5.41, 5.74) is 0. The molecule has 0 rings (SSSR count). The standard InChI is InChI=1S/C6H12N2O4P4/c1-9-15-8(16-10-2)6-5-7(11-13-3)12-14-4/h1-4,13-16H,5-6H2. The van der Waals surface area contributed by atoms with Gasteiger partial charge in [0.25, 0.3) is 0 Å². The van der Waals surface area contributed by atoms with Crippen molar-refractivity contribution < 1.29 is 18.3 Å². The van der Waals surface area contributed by atoms with Crippen LogP contribution in [0.3, 0.4) is 0 Å². The molecule has 90 valence electrons. The van der Waals surface area contributed by atoms with E-state index in [9.17, 15) is 0 Å². The van der Waals surface area contributed by atoms with E-state index >= 15 is 0 Å². The molecule has 0 aliphatic heterocycles. The minimum atomic E-state index is -0.223. The fourth-order valence-electron chi connectivity index (χ4n) is 0.646. The highest BCUT2D eigenvalue weighted by Gasteiger charge is 2.10. The molecule has 0 aliphatic rings. The van der Waals surface area contributed by atoms with E-state index in [4.69, 9.17) is 36.8 Å². The fraction of sp³-hybridized carbons (Fsp3) is 0.333. The number of hydrogen-bond acceptors (Lipinski definition) is 6.